The molecule has 0 unspecified atom stereocenters. The summed E-state index contributed by atoms with van der Waals surface area (Å²) >= 11 is 6.46. The fraction of sp³-hybridized carbons (Fsp3) is 0.120. The van der Waals surface area contributed by atoms with Gasteiger partial charge in [0.1, 0.15) is 6.61 Å². The molecule has 8 nitrogen and oxygen atoms in total. The zero-order valence-corrected chi connectivity index (χ0v) is 18.8. The number of benzene rings is 3. The Bertz CT molecular complexity index is 1300. The van der Waals surface area contributed by atoms with Crippen molar-refractivity contribution in [1.29, 1.82) is 5.26 Å². The molecule has 0 aliphatic carbocycles. The molecule has 0 amide bonds. The number of ether oxygens (including phenoxy) is 2. The van der Waals surface area contributed by atoms with E-state index >= 15 is 0 Å². The second-order valence-corrected chi connectivity index (χ2v) is 7.44. The number of non-ortho nitro benzene ring substituents is 1. The summed E-state index contributed by atoms with van der Waals surface area (Å²) in [4.78, 5) is 21.5. The van der Waals surface area contributed by atoms with E-state index in [4.69, 9.17) is 26.2 Å². The molecule has 9 heteroatoms. The van der Waals surface area contributed by atoms with E-state index in [9.17, 15) is 20.2 Å². The lowest BCUT2D eigenvalue weighted by molar-refractivity contribution is -0.384. The Morgan fingerprint density at radius 2 is 1.88 bits per heavy atom. The van der Waals surface area contributed by atoms with Crippen LogP contribution < -0.4 is 9.47 Å². The van der Waals surface area contributed by atoms with Gasteiger partial charge in [0.2, 0.25) is 0 Å². The lowest BCUT2D eigenvalue weighted by atomic mass is 10.0. The van der Waals surface area contributed by atoms with Gasteiger partial charge in [0.25, 0.3) is 5.69 Å². The second-order valence-electron chi connectivity index (χ2n) is 7.03. The van der Waals surface area contributed by atoms with Crippen molar-refractivity contribution in [2.24, 2.45) is 0 Å². The zero-order chi connectivity index (χ0) is 24.7. The third-order valence-corrected chi connectivity index (χ3v) is 4.99. The number of halogens is 1. The number of carbonyl (C=O) groups is 1. The molecule has 0 aromatic heterocycles. The maximum Gasteiger partial charge on any atom is 0.335 e. The summed E-state index contributed by atoms with van der Waals surface area (Å²) < 4.78 is 11.5. The standard InChI is InChI=1S/C25H19ClN2O6/c1-2-33-23-13-17(11-20(14-27)18-6-8-21(9-7-18)28(31)32)12-22(26)24(23)34-15-16-4-3-5-19(10-16)25(29)30/h3-13H,2,15H2,1H3,(H,29,30)/b20-11-. The predicted octanol–water partition coefficient (Wildman–Crippen LogP) is 5.99. The van der Waals surface area contributed by atoms with Gasteiger partial charge in [0.15, 0.2) is 11.5 Å². The fourth-order valence-corrected chi connectivity index (χ4v) is 3.41. The molecule has 172 valence electrons. The number of allylic oxidation sites excluding steroid dienone is 1. The lowest BCUT2D eigenvalue weighted by Gasteiger charge is -2.15. The van der Waals surface area contributed by atoms with Gasteiger partial charge in [-0.3, -0.25) is 10.1 Å². The summed E-state index contributed by atoms with van der Waals surface area (Å²) in [6.07, 6.45) is 1.59. The highest BCUT2D eigenvalue weighted by Crippen LogP contribution is 2.38. The van der Waals surface area contributed by atoms with Gasteiger partial charge in [-0.15, -0.1) is 0 Å². The average Bonchev–Trinajstić information content (AvgIpc) is 2.82. The first-order valence-electron chi connectivity index (χ1n) is 10.1. The number of nitro benzene ring substituents is 1. The molecule has 0 heterocycles. The van der Waals surface area contributed by atoms with E-state index in [-0.39, 0.29) is 34.2 Å². The van der Waals surface area contributed by atoms with Crippen molar-refractivity contribution in [1.82, 2.24) is 0 Å². The summed E-state index contributed by atoms with van der Waals surface area (Å²) in [7, 11) is 0. The molecule has 0 bridgehead atoms. The first-order chi connectivity index (χ1) is 16.3. The van der Waals surface area contributed by atoms with E-state index in [1.54, 1.807) is 37.3 Å². The van der Waals surface area contributed by atoms with Gasteiger partial charge in [-0.25, -0.2) is 4.79 Å². The second kappa shape index (κ2) is 11.0. The van der Waals surface area contributed by atoms with E-state index in [1.165, 1.54) is 36.4 Å². The molecule has 0 saturated heterocycles. The molecule has 0 aliphatic rings. The molecule has 0 atom stereocenters. The molecule has 3 rings (SSSR count). The molecule has 3 aromatic carbocycles. The molecule has 3 aromatic rings. The Hall–Kier alpha value is -4.35. The monoisotopic (exact) mass is 478 g/mol. The van der Waals surface area contributed by atoms with Crippen molar-refractivity contribution in [2.75, 3.05) is 6.61 Å². The van der Waals surface area contributed by atoms with Crippen LogP contribution in [-0.4, -0.2) is 22.6 Å². The summed E-state index contributed by atoms with van der Waals surface area (Å²) in [6, 6.07) is 17.4. The van der Waals surface area contributed by atoms with Crippen LogP contribution in [0.4, 0.5) is 5.69 Å². The largest absolute Gasteiger partial charge is 0.490 e. The molecule has 0 aliphatic heterocycles. The number of carboxylic acids is 1. The van der Waals surface area contributed by atoms with Gasteiger partial charge in [-0.05, 0) is 66.1 Å². The summed E-state index contributed by atoms with van der Waals surface area (Å²) in [5, 5.41) is 29.9. The minimum Gasteiger partial charge on any atom is -0.490 e. The van der Waals surface area contributed by atoms with E-state index in [1.807, 2.05) is 0 Å². The highest BCUT2D eigenvalue weighted by Gasteiger charge is 2.14. The minimum atomic E-state index is -1.03. The van der Waals surface area contributed by atoms with Crippen LogP contribution in [0.25, 0.3) is 11.6 Å². The van der Waals surface area contributed by atoms with Crippen LogP contribution in [0.3, 0.4) is 0 Å². The SMILES string of the molecule is CCOc1cc(/C=C(/C#N)c2ccc([N+](=O)[O-])cc2)cc(Cl)c1OCc1cccc(C(=O)O)c1. The minimum absolute atomic E-state index is 0.0712. The fourth-order valence-electron chi connectivity index (χ4n) is 3.13. The number of carboxylic acid groups (broad SMARTS) is 1. The highest BCUT2D eigenvalue weighted by atomic mass is 35.5. The molecule has 0 spiro atoms. The summed E-state index contributed by atoms with van der Waals surface area (Å²) in [5.74, 6) is -0.390. The van der Waals surface area contributed by atoms with Crippen LogP contribution in [-0.2, 0) is 6.61 Å². The van der Waals surface area contributed by atoms with Crippen molar-refractivity contribution >= 4 is 34.9 Å². The molecule has 0 saturated carbocycles. The highest BCUT2D eigenvalue weighted by molar-refractivity contribution is 6.32. The van der Waals surface area contributed by atoms with Crippen molar-refractivity contribution in [2.45, 2.75) is 13.5 Å². The Kier molecular flexibility index (Phi) is 7.85. The van der Waals surface area contributed by atoms with Crippen molar-refractivity contribution in [3.8, 4) is 17.6 Å². The van der Waals surface area contributed by atoms with Gasteiger partial charge in [0, 0.05) is 12.1 Å². The smallest absolute Gasteiger partial charge is 0.335 e. The summed E-state index contributed by atoms with van der Waals surface area (Å²) in [5.41, 5.74) is 2.09. The van der Waals surface area contributed by atoms with Crippen molar-refractivity contribution < 1.29 is 24.3 Å². The number of hydrogen-bond acceptors (Lipinski definition) is 6. The molecule has 1 N–H and O–H groups in total. The van der Waals surface area contributed by atoms with Crippen molar-refractivity contribution in [3.05, 3.63) is 98.1 Å². The quantitative estimate of drug-likeness (QED) is 0.173. The third kappa shape index (κ3) is 5.91. The third-order valence-electron chi connectivity index (χ3n) is 4.71. The Morgan fingerprint density at radius 1 is 1.15 bits per heavy atom. The Morgan fingerprint density at radius 3 is 2.50 bits per heavy atom. The van der Waals surface area contributed by atoms with E-state index < -0.39 is 10.9 Å². The molecule has 0 fully saturated rings. The normalized spacial score (nSPS) is 10.9. The maximum atomic E-state index is 11.2. The van der Waals surface area contributed by atoms with Crippen LogP contribution in [0.15, 0.2) is 60.7 Å². The molecule has 0 radical (unpaired) electrons. The molecule has 34 heavy (non-hydrogen) atoms. The van der Waals surface area contributed by atoms with E-state index in [0.29, 0.717) is 29.0 Å². The number of nitrogens with zero attached hydrogens (tertiary/aromatic N) is 2. The molecular formula is C25H19ClN2O6. The van der Waals surface area contributed by atoms with Gasteiger partial charge in [-0.1, -0.05) is 23.7 Å². The van der Waals surface area contributed by atoms with E-state index in [2.05, 4.69) is 6.07 Å². The number of nitriles is 1. The van der Waals surface area contributed by atoms with E-state index in [0.717, 1.165) is 0 Å². The van der Waals surface area contributed by atoms with Crippen LogP contribution in [0.1, 0.15) is 34.0 Å². The van der Waals surface area contributed by atoms with Crippen LogP contribution in [0.5, 0.6) is 11.5 Å². The van der Waals surface area contributed by atoms with Crippen LogP contribution in [0, 0.1) is 21.4 Å². The Labute approximate surface area is 200 Å². The lowest BCUT2D eigenvalue weighted by Crippen LogP contribution is -2.02. The van der Waals surface area contributed by atoms with Crippen LogP contribution >= 0.6 is 11.6 Å². The van der Waals surface area contributed by atoms with Crippen molar-refractivity contribution in [3.63, 3.8) is 0 Å². The first-order valence-corrected chi connectivity index (χ1v) is 10.5. The summed E-state index contributed by atoms with van der Waals surface area (Å²) in [6.45, 7) is 2.21. The van der Waals surface area contributed by atoms with Crippen LogP contribution in [0.2, 0.25) is 5.02 Å². The van der Waals surface area contributed by atoms with Gasteiger partial charge < -0.3 is 14.6 Å². The Balaban J connectivity index is 1.90. The number of aromatic carboxylic acids is 1. The maximum absolute atomic E-state index is 11.2. The van der Waals surface area contributed by atoms with Gasteiger partial charge in [-0.2, -0.15) is 5.26 Å². The zero-order valence-electron chi connectivity index (χ0n) is 18.0. The van der Waals surface area contributed by atoms with Gasteiger partial charge >= 0.3 is 5.97 Å². The number of hydrogen-bond donors (Lipinski definition) is 1. The first kappa shape index (κ1) is 24.3. The predicted molar refractivity (Wildman–Crippen MR) is 127 cm³/mol. The topological polar surface area (TPSA) is 123 Å². The number of rotatable bonds is 9. The van der Waals surface area contributed by atoms with Gasteiger partial charge in [0.05, 0.1) is 33.8 Å². The molecular weight excluding hydrogens is 460 g/mol. The number of nitro groups is 1. The average molecular weight is 479 g/mol.